The number of benzene rings is 3. The number of sulfonamides is 1. The van der Waals surface area contributed by atoms with Crippen molar-refractivity contribution < 1.29 is 26.7 Å². The van der Waals surface area contributed by atoms with E-state index in [4.69, 9.17) is 0 Å². The maximum Gasteiger partial charge on any atom is 0.340 e. The monoisotopic (exact) mass is 459 g/mol. The standard InChI is InChI=1S/C22H19F2N3O4S/c1-14-8-10-17(11-9-14)32(29,30)27-25-13-15-12-18(22(28)31-2)21(20(24)19(15)23)26-16-6-4-3-5-7-16/h3-13,26-27H,1-2H3/b25-13+. The Labute approximate surface area is 183 Å². The summed E-state index contributed by atoms with van der Waals surface area (Å²) in [7, 11) is -2.92. The van der Waals surface area contributed by atoms with Crippen LogP contribution in [0.2, 0.25) is 0 Å². The van der Waals surface area contributed by atoms with Gasteiger partial charge in [0.15, 0.2) is 11.6 Å². The number of hydrazone groups is 1. The molecule has 0 aliphatic carbocycles. The Hall–Kier alpha value is -3.79. The van der Waals surface area contributed by atoms with E-state index in [1.54, 1.807) is 49.4 Å². The predicted octanol–water partition coefficient (Wildman–Crippen LogP) is 4.12. The highest BCUT2D eigenvalue weighted by Gasteiger charge is 2.23. The maximum absolute atomic E-state index is 14.8. The van der Waals surface area contributed by atoms with Crippen LogP contribution in [-0.4, -0.2) is 27.7 Å². The molecule has 32 heavy (non-hydrogen) atoms. The van der Waals surface area contributed by atoms with Crippen molar-refractivity contribution in [2.75, 3.05) is 12.4 Å². The third-order valence-corrected chi connectivity index (χ3v) is 5.63. The lowest BCUT2D eigenvalue weighted by Crippen LogP contribution is -2.18. The van der Waals surface area contributed by atoms with Crippen LogP contribution >= 0.6 is 0 Å². The van der Waals surface area contributed by atoms with Gasteiger partial charge in [0, 0.05) is 11.3 Å². The number of carbonyl (C=O) groups excluding carboxylic acids is 1. The van der Waals surface area contributed by atoms with E-state index in [0.717, 1.165) is 25.0 Å². The summed E-state index contributed by atoms with van der Waals surface area (Å²) in [4.78, 5) is 14.1. The lowest BCUT2D eigenvalue weighted by molar-refractivity contribution is 0.0601. The highest BCUT2D eigenvalue weighted by molar-refractivity contribution is 7.89. The van der Waals surface area contributed by atoms with Crippen molar-refractivity contribution >= 4 is 33.6 Å². The molecule has 0 fully saturated rings. The molecule has 0 aromatic heterocycles. The quantitative estimate of drug-likeness (QED) is 0.315. The second-order valence-corrected chi connectivity index (χ2v) is 8.33. The molecule has 10 heteroatoms. The van der Waals surface area contributed by atoms with Gasteiger partial charge in [0.1, 0.15) is 0 Å². The summed E-state index contributed by atoms with van der Waals surface area (Å²) in [5.41, 5.74) is 0.122. The van der Waals surface area contributed by atoms with Crippen LogP contribution in [0.25, 0.3) is 0 Å². The van der Waals surface area contributed by atoms with E-state index in [-0.39, 0.29) is 10.5 Å². The van der Waals surface area contributed by atoms with E-state index in [0.29, 0.717) is 5.69 Å². The molecule has 3 aromatic rings. The Balaban J connectivity index is 1.94. The Kier molecular flexibility index (Phi) is 6.84. The van der Waals surface area contributed by atoms with Gasteiger partial charge in [-0.2, -0.15) is 13.5 Å². The minimum Gasteiger partial charge on any atom is -0.465 e. The molecule has 2 N–H and O–H groups in total. The first-order valence-corrected chi connectivity index (χ1v) is 10.7. The van der Waals surface area contributed by atoms with Crippen molar-refractivity contribution in [2.24, 2.45) is 5.10 Å². The summed E-state index contributed by atoms with van der Waals surface area (Å²) in [6.45, 7) is 1.80. The van der Waals surface area contributed by atoms with E-state index in [1.165, 1.54) is 12.1 Å². The molecule has 0 saturated heterocycles. The SMILES string of the molecule is COC(=O)c1cc(/C=N/NS(=O)(=O)c2ccc(C)cc2)c(F)c(F)c1Nc1ccccc1. The number of rotatable bonds is 7. The molecular formula is C22H19F2N3O4S. The molecule has 0 aliphatic heterocycles. The average Bonchev–Trinajstić information content (AvgIpc) is 2.78. The normalized spacial score (nSPS) is 11.4. The lowest BCUT2D eigenvalue weighted by Gasteiger charge is -2.14. The molecule has 0 heterocycles. The first-order valence-electron chi connectivity index (χ1n) is 9.27. The third-order valence-electron chi connectivity index (χ3n) is 4.39. The van der Waals surface area contributed by atoms with E-state index in [9.17, 15) is 22.0 Å². The Morgan fingerprint density at radius 3 is 2.31 bits per heavy atom. The number of hydrogen-bond donors (Lipinski definition) is 2. The van der Waals surface area contributed by atoms with Gasteiger partial charge in [-0.1, -0.05) is 35.9 Å². The van der Waals surface area contributed by atoms with E-state index in [1.807, 2.05) is 4.83 Å². The van der Waals surface area contributed by atoms with Crippen molar-refractivity contribution in [1.82, 2.24) is 4.83 Å². The average molecular weight is 459 g/mol. The summed E-state index contributed by atoms with van der Waals surface area (Å²) in [6, 6.07) is 15.3. The fraction of sp³-hybridized carbons (Fsp3) is 0.0909. The number of anilines is 2. The zero-order valence-corrected chi connectivity index (χ0v) is 17.9. The summed E-state index contributed by atoms with van der Waals surface area (Å²) < 4.78 is 58.7. The first-order chi connectivity index (χ1) is 15.2. The number of aryl methyl sites for hydroxylation is 1. The second kappa shape index (κ2) is 9.56. The molecule has 0 atom stereocenters. The Morgan fingerprint density at radius 2 is 1.69 bits per heavy atom. The molecule has 0 aliphatic rings. The van der Waals surface area contributed by atoms with Gasteiger partial charge in [0.25, 0.3) is 10.0 Å². The number of esters is 1. The lowest BCUT2D eigenvalue weighted by atomic mass is 10.1. The number of nitrogens with one attached hydrogen (secondary N) is 2. The topological polar surface area (TPSA) is 96.9 Å². The van der Waals surface area contributed by atoms with Crippen molar-refractivity contribution in [2.45, 2.75) is 11.8 Å². The van der Waals surface area contributed by atoms with Crippen LogP contribution in [0, 0.1) is 18.6 Å². The smallest absolute Gasteiger partial charge is 0.340 e. The van der Waals surface area contributed by atoms with Gasteiger partial charge in [-0.25, -0.2) is 18.4 Å². The van der Waals surface area contributed by atoms with Crippen molar-refractivity contribution in [3.8, 4) is 0 Å². The first kappa shape index (κ1) is 22.9. The second-order valence-electron chi connectivity index (χ2n) is 6.66. The van der Waals surface area contributed by atoms with Crippen LogP contribution in [0.4, 0.5) is 20.2 Å². The number of para-hydroxylation sites is 1. The molecule has 0 unspecified atom stereocenters. The minimum atomic E-state index is -4.02. The van der Waals surface area contributed by atoms with Gasteiger partial charge < -0.3 is 10.1 Å². The summed E-state index contributed by atoms with van der Waals surface area (Å²) in [5, 5.41) is 6.17. The summed E-state index contributed by atoms with van der Waals surface area (Å²) >= 11 is 0. The zero-order chi connectivity index (χ0) is 23.3. The molecule has 0 saturated carbocycles. The molecular weight excluding hydrogens is 440 g/mol. The van der Waals surface area contributed by atoms with Gasteiger partial charge in [0.2, 0.25) is 0 Å². The molecule has 0 spiro atoms. The van der Waals surface area contributed by atoms with Crippen LogP contribution in [0.3, 0.4) is 0 Å². The number of carbonyl (C=O) groups is 1. The van der Waals surface area contributed by atoms with Gasteiger partial charge >= 0.3 is 5.97 Å². The van der Waals surface area contributed by atoms with Gasteiger partial charge in [-0.15, -0.1) is 0 Å². The minimum absolute atomic E-state index is 0.0513. The maximum atomic E-state index is 14.8. The van der Waals surface area contributed by atoms with E-state index >= 15 is 0 Å². The number of hydrogen-bond acceptors (Lipinski definition) is 6. The fourth-order valence-corrected chi connectivity index (χ4v) is 3.53. The Bertz CT molecular complexity index is 1260. The number of nitrogens with zero attached hydrogens (tertiary/aromatic N) is 1. The van der Waals surface area contributed by atoms with Gasteiger partial charge in [-0.05, 0) is 37.3 Å². The molecule has 0 bridgehead atoms. The molecule has 166 valence electrons. The predicted molar refractivity (Wildman–Crippen MR) is 117 cm³/mol. The number of halogens is 2. The van der Waals surface area contributed by atoms with Crippen LogP contribution in [-0.2, 0) is 14.8 Å². The van der Waals surface area contributed by atoms with Crippen LogP contribution in [0.1, 0.15) is 21.5 Å². The molecule has 0 radical (unpaired) electrons. The highest BCUT2D eigenvalue weighted by Crippen LogP contribution is 2.29. The number of methoxy groups -OCH3 is 1. The van der Waals surface area contributed by atoms with Gasteiger partial charge in [0.05, 0.1) is 29.5 Å². The van der Waals surface area contributed by atoms with Crippen molar-refractivity contribution in [3.05, 3.63) is 89.0 Å². The molecule has 0 amide bonds. The van der Waals surface area contributed by atoms with E-state index in [2.05, 4.69) is 15.2 Å². The van der Waals surface area contributed by atoms with Crippen LogP contribution < -0.4 is 10.1 Å². The number of ether oxygens (including phenoxy) is 1. The zero-order valence-electron chi connectivity index (χ0n) is 17.1. The highest BCUT2D eigenvalue weighted by atomic mass is 32.2. The van der Waals surface area contributed by atoms with Gasteiger partial charge in [-0.3, -0.25) is 0 Å². The Morgan fingerprint density at radius 1 is 1.03 bits per heavy atom. The summed E-state index contributed by atoms with van der Waals surface area (Å²) in [5.74, 6) is -3.59. The largest absolute Gasteiger partial charge is 0.465 e. The summed E-state index contributed by atoms with van der Waals surface area (Å²) in [6.07, 6.45) is 0.767. The van der Waals surface area contributed by atoms with Crippen molar-refractivity contribution in [1.29, 1.82) is 0 Å². The van der Waals surface area contributed by atoms with Crippen LogP contribution in [0.5, 0.6) is 0 Å². The third kappa shape index (κ3) is 5.09. The fourth-order valence-electron chi connectivity index (χ4n) is 2.73. The van der Waals surface area contributed by atoms with E-state index < -0.39 is 38.9 Å². The van der Waals surface area contributed by atoms with Crippen molar-refractivity contribution in [3.63, 3.8) is 0 Å². The van der Waals surface area contributed by atoms with Crippen LogP contribution in [0.15, 0.2) is 70.7 Å². The molecule has 7 nitrogen and oxygen atoms in total. The molecule has 3 rings (SSSR count). The molecule has 3 aromatic carbocycles.